The number of nitrogens with zero attached hydrogens (tertiary/aromatic N) is 5. The summed E-state index contributed by atoms with van der Waals surface area (Å²) < 4.78 is 15.4. The molecule has 5 amide bonds. The van der Waals surface area contributed by atoms with E-state index < -0.39 is 42.0 Å². The van der Waals surface area contributed by atoms with Gasteiger partial charge in [-0.3, -0.25) is 24.5 Å². The maximum absolute atomic E-state index is 14.5. The Balaban J connectivity index is 0.990. The van der Waals surface area contributed by atoms with Gasteiger partial charge in [-0.05, 0) is 78.8 Å². The number of nitrogens with one attached hydrogen (secondary N) is 2. The first kappa shape index (κ1) is 45.8. The van der Waals surface area contributed by atoms with Crippen LogP contribution in [0.2, 0.25) is 0 Å². The SMILES string of the molecule is COC(=O)N[C@H](C(=O)N1CC=C[C@H]1C1=NC=C(c2ccc(-c3ccc(C4=CN=C([C@@H]5CN(C(=O)OC(C)(C)C)CN5C(=O)[C@@H](NC(=O)OC)C5CCCCC5)C4)cc3)cc2)C1)C(C)C. The Morgan fingerprint density at radius 3 is 1.83 bits per heavy atom. The van der Waals surface area contributed by atoms with Crippen LogP contribution in [0.4, 0.5) is 14.4 Å². The number of rotatable bonds is 11. The molecule has 15 heteroatoms. The largest absolute Gasteiger partial charge is 0.453 e. The molecule has 1 saturated heterocycles. The van der Waals surface area contributed by atoms with Crippen LogP contribution in [0, 0.1) is 11.8 Å². The molecule has 0 unspecified atom stereocenters. The van der Waals surface area contributed by atoms with E-state index in [9.17, 15) is 24.0 Å². The van der Waals surface area contributed by atoms with E-state index in [2.05, 4.69) is 59.2 Å². The van der Waals surface area contributed by atoms with Gasteiger partial charge in [0.25, 0.3) is 0 Å². The number of methoxy groups -OCH3 is 2. The van der Waals surface area contributed by atoms with E-state index in [-0.39, 0.29) is 42.9 Å². The van der Waals surface area contributed by atoms with Gasteiger partial charge in [0.15, 0.2) is 0 Å². The number of amides is 5. The minimum atomic E-state index is -0.787. The molecule has 0 bridgehead atoms. The lowest BCUT2D eigenvalue weighted by atomic mass is 9.83. The number of aliphatic imine (C=N–C) groups is 2. The van der Waals surface area contributed by atoms with Gasteiger partial charge in [0.05, 0.1) is 39.5 Å². The van der Waals surface area contributed by atoms with Crippen LogP contribution in [-0.2, 0) is 23.8 Å². The Labute approximate surface area is 375 Å². The fourth-order valence-corrected chi connectivity index (χ4v) is 9.13. The Kier molecular flexibility index (Phi) is 14.0. The molecule has 2 aromatic carbocycles. The van der Waals surface area contributed by atoms with E-state index in [1.54, 1.807) is 14.7 Å². The Morgan fingerprint density at radius 1 is 0.719 bits per heavy atom. The smallest absolute Gasteiger partial charge is 0.411 e. The first-order valence-corrected chi connectivity index (χ1v) is 22.3. The lowest BCUT2D eigenvalue weighted by Gasteiger charge is -2.34. The third-order valence-electron chi connectivity index (χ3n) is 12.6. The number of alkyl carbamates (subject to hydrolysis) is 2. The second-order valence-electron chi connectivity index (χ2n) is 18.5. The van der Waals surface area contributed by atoms with Gasteiger partial charge < -0.3 is 34.6 Å². The molecule has 7 rings (SSSR count). The number of carbonyl (C=O) groups is 5. The van der Waals surface area contributed by atoms with Crippen molar-refractivity contribution in [3.8, 4) is 11.1 Å². The summed E-state index contributed by atoms with van der Waals surface area (Å²) in [5, 5.41) is 5.52. The highest BCUT2D eigenvalue weighted by molar-refractivity contribution is 6.06. The van der Waals surface area contributed by atoms with Crippen LogP contribution in [0.5, 0.6) is 0 Å². The molecule has 2 N–H and O–H groups in total. The molecule has 0 aromatic heterocycles. The molecule has 4 heterocycles. The fourth-order valence-electron chi connectivity index (χ4n) is 9.13. The van der Waals surface area contributed by atoms with E-state index in [0.717, 1.165) is 76.9 Å². The lowest BCUT2D eigenvalue weighted by Crippen LogP contribution is -2.55. The number of benzene rings is 2. The van der Waals surface area contributed by atoms with Crippen LogP contribution in [0.25, 0.3) is 22.3 Å². The summed E-state index contributed by atoms with van der Waals surface area (Å²) in [4.78, 5) is 80.5. The molecule has 1 aliphatic carbocycles. The monoisotopic (exact) mass is 875 g/mol. The molecular weight excluding hydrogens is 815 g/mol. The van der Waals surface area contributed by atoms with E-state index in [1.807, 2.05) is 59.2 Å². The van der Waals surface area contributed by atoms with Crippen LogP contribution in [0.1, 0.15) is 90.7 Å². The molecule has 2 aromatic rings. The third kappa shape index (κ3) is 10.4. The van der Waals surface area contributed by atoms with E-state index in [1.165, 1.54) is 14.2 Å². The normalized spacial score (nSPS) is 20.9. The molecule has 1 saturated carbocycles. The summed E-state index contributed by atoms with van der Waals surface area (Å²) in [5.41, 5.74) is 7.12. The molecule has 5 aliphatic rings. The first-order valence-electron chi connectivity index (χ1n) is 22.3. The van der Waals surface area contributed by atoms with Gasteiger partial charge in [0.1, 0.15) is 17.7 Å². The summed E-state index contributed by atoms with van der Waals surface area (Å²) in [5.74, 6) is -0.598. The van der Waals surface area contributed by atoms with E-state index in [0.29, 0.717) is 19.4 Å². The highest BCUT2D eigenvalue weighted by Gasteiger charge is 2.45. The second-order valence-corrected chi connectivity index (χ2v) is 18.5. The highest BCUT2D eigenvalue weighted by Crippen LogP contribution is 2.34. The van der Waals surface area contributed by atoms with Crippen molar-refractivity contribution < 1.29 is 38.2 Å². The average molecular weight is 876 g/mol. The maximum Gasteiger partial charge on any atom is 0.411 e. The summed E-state index contributed by atoms with van der Waals surface area (Å²) in [6, 6.07) is 14.4. The topological polar surface area (TPSA) is 172 Å². The Hall–Kier alpha value is -6.25. The predicted molar refractivity (Wildman–Crippen MR) is 245 cm³/mol. The molecule has 2 fully saturated rings. The average Bonchev–Trinajstić information content (AvgIpc) is 4.13. The van der Waals surface area contributed by atoms with Crippen LogP contribution in [0.3, 0.4) is 0 Å². The molecule has 4 atom stereocenters. The Morgan fingerprint density at radius 2 is 1.27 bits per heavy atom. The maximum atomic E-state index is 14.5. The zero-order chi connectivity index (χ0) is 45.7. The molecule has 64 heavy (non-hydrogen) atoms. The molecule has 0 spiro atoms. The quantitative estimate of drug-likeness (QED) is 0.172. The van der Waals surface area contributed by atoms with Crippen molar-refractivity contribution in [1.82, 2.24) is 25.3 Å². The Bertz CT molecular complexity index is 2250. The number of hydrogen-bond donors (Lipinski definition) is 2. The summed E-state index contributed by atoms with van der Waals surface area (Å²) in [7, 11) is 2.57. The van der Waals surface area contributed by atoms with E-state index in [4.69, 9.17) is 24.2 Å². The molecule has 0 radical (unpaired) electrons. The van der Waals surface area contributed by atoms with Crippen molar-refractivity contribution in [2.24, 2.45) is 21.8 Å². The van der Waals surface area contributed by atoms with Crippen molar-refractivity contribution in [1.29, 1.82) is 0 Å². The zero-order valence-electron chi connectivity index (χ0n) is 38.0. The van der Waals surface area contributed by atoms with Crippen molar-refractivity contribution in [2.75, 3.05) is 34.0 Å². The van der Waals surface area contributed by atoms with Gasteiger partial charge in [-0.2, -0.15) is 0 Å². The third-order valence-corrected chi connectivity index (χ3v) is 12.6. The van der Waals surface area contributed by atoms with Crippen molar-refractivity contribution in [3.63, 3.8) is 0 Å². The zero-order valence-corrected chi connectivity index (χ0v) is 38.0. The highest BCUT2D eigenvalue weighted by atomic mass is 16.6. The van der Waals surface area contributed by atoms with Gasteiger partial charge in [0, 0.05) is 43.2 Å². The van der Waals surface area contributed by atoms with Gasteiger partial charge in [0.2, 0.25) is 11.8 Å². The van der Waals surface area contributed by atoms with Crippen molar-refractivity contribution >= 4 is 52.7 Å². The van der Waals surface area contributed by atoms with Gasteiger partial charge in [-0.1, -0.05) is 93.8 Å². The number of carbonyl (C=O) groups excluding carboxylic acids is 5. The number of ether oxygens (including phenoxy) is 3. The van der Waals surface area contributed by atoms with Crippen LogP contribution < -0.4 is 10.6 Å². The molecule has 340 valence electrons. The van der Waals surface area contributed by atoms with Crippen LogP contribution in [-0.4, -0.2) is 120 Å². The van der Waals surface area contributed by atoms with Crippen molar-refractivity contribution in [3.05, 3.63) is 84.2 Å². The number of hydrogen-bond acceptors (Lipinski definition) is 10. The van der Waals surface area contributed by atoms with Gasteiger partial charge in [-0.25, -0.2) is 14.4 Å². The van der Waals surface area contributed by atoms with Gasteiger partial charge in [-0.15, -0.1) is 0 Å². The standard InChI is InChI=1S/C49H61N7O8/c1-30(2)42(52-46(59)62-6)44(57)55-23-11-14-40(55)38-24-36(26-50-38)33-19-15-31(16-20-33)32-17-21-34(22-18-32)37-25-39(51-27-37)41-28-54(48(61)64-49(3,4)5)29-56(41)45(58)43(53-47(60)63-7)35-12-9-8-10-13-35/h11,14-22,26-27,30,35,40-43H,8-10,12-13,23-25,28-29H2,1-7H3,(H,52,59)(H,53,60)/t40-,41-,42-,43-/m0/s1. The lowest BCUT2D eigenvalue weighted by molar-refractivity contribution is -0.135. The molecular formula is C49H61N7O8. The predicted octanol–water partition coefficient (Wildman–Crippen LogP) is 7.58. The molecule has 15 nitrogen and oxygen atoms in total. The summed E-state index contributed by atoms with van der Waals surface area (Å²) in [6.07, 6.45) is 11.6. The van der Waals surface area contributed by atoms with Gasteiger partial charge >= 0.3 is 18.3 Å². The molecule has 4 aliphatic heterocycles. The number of allylic oxidation sites excluding steroid dienone is 2. The van der Waals surface area contributed by atoms with Crippen molar-refractivity contribution in [2.45, 2.75) is 109 Å². The van der Waals surface area contributed by atoms with E-state index >= 15 is 0 Å². The van der Waals surface area contributed by atoms with Crippen LogP contribution >= 0.6 is 0 Å². The minimum Gasteiger partial charge on any atom is -0.453 e. The first-order chi connectivity index (χ1) is 30.6. The summed E-state index contributed by atoms with van der Waals surface area (Å²) >= 11 is 0. The summed E-state index contributed by atoms with van der Waals surface area (Å²) in [6.45, 7) is 9.90. The van der Waals surface area contributed by atoms with Crippen LogP contribution in [0.15, 0.2) is 83.1 Å². The fraction of sp³-hybridized carbons (Fsp3) is 0.490. The second kappa shape index (κ2) is 19.6. The minimum absolute atomic E-state index is 0.0196.